The number of hydrogen-bond donors (Lipinski definition) is 2. The average Bonchev–Trinajstić information content (AvgIpc) is 3.48. The molecular weight excluding hydrogens is 678 g/mol. The maximum Gasteiger partial charge on any atom is 0.305 e. The monoisotopic (exact) mass is 718 g/mol. The number of carbonyl (C=O) groups excluding carboxylic acids is 2. The lowest BCUT2D eigenvalue weighted by atomic mass is 10.0. The summed E-state index contributed by atoms with van der Waals surface area (Å²) >= 11 is 0. The van der Waals surface area contributed by atoms with E-state index in [0.29, 0.717) is 61.0 Å². The predicted molar refractivity (Wildman–Crippen MR) is 170 cm³/mol. The van der Waals surface area contributed by atoms with Crippen molar-refractivity contribution in [1.29, 1.82) is 0 Å². The fraction of sp³-hybridized carbons (Fsp3) is 0.394. The van der Waals surface area contributed by atoms with Gasteiger partial charge in [-0.05, 0) is 42.3 Å². The number of carbonyl (C=O) groups is 2. The smallest absolute Gasteiger partial charge is 0.305 e. The number of rotatable bonds is 16. The summed E-state index contributed by atoms with van der Waals surface area (Å²) in [6.45, 7) is 4.86. The number of anilines is 2. The van der Waals surface area contributed by atoms with Gasteiger partial charge in [0.2, 0.25) is 5.82 Å². The average molecular weight is 720 g/mol. The van der Waals surface area contributed by atoms with E-state index in [9.17, 15) is 18.4 Å². The highest BCUT2D eigenvalue weighted by Crippen LogP contribution is 2.31. The van der Waals surface area contributed by atoms with Crippen molar-refractivity contribution >= 4 is 29.0 Å². The van der Waals surface area contributed by atoms with Gasteiger partial charge >= 0.3 is 5.97 Å². The Morgan fingerprint density at radius 2 is 1.81 bits per heavy atom. The van der Waals surface area contributed by atoms with E-state index < -0.39 is 11.6 Å². The Bertz CT molecular complexity index is 1680. The van der Waals surface area contributed by atoms with E-state index in [1.807, 2.05) is 13.0 Å². The molecule has 0 aliphatic rings. The van der Waals surface area contributed by atoms with Crippen molar-refractivity contribution in [3.05, 3.63) is 71.7 Å². The molecule has 4 rings (SSSR count). The number of hydrogen-bond acceptors (Lipinski definition) is 8. The van der Waals surface area contributed by atoms with Gasteiger partial charge in [-0.3, -0.25) is 14.0 Å². The van der Waals surface area contributed by atoms with Crippen LogP contribution in [-0.4, -0.2) is 91.9 Å². The van der Waals surface area contributed by atoms with Crippen LogP contribution >= 0.6 is 0 Å². The van der Waals surface area contributed by atoms with E-state index in [2.05, 4.69) is 39.4 Å². The Hall–Kier alpha value is -4.14. The third kappa shape index (κ3) is 9.46. The van der Waals surface area contributed by atoms with Crippen LogP contribution in [0.1, 0.15) is 35.7 Å². The first-order chi connectivity index (χ1) is 22.1. The molecule has 2 N–H and O–H groups in total. The number of fused-ring (bicyclic) bond motifs is 1. The summed E-state index contributed by atoms with van der Waals surface area (Å²) in [6.07, 6.45) is 6.37. The zero-order valence-corrected chi connectivity index (χ0v) is 28.8. The van der Waals surface area contributed by atoms with Crippen molar-refractivity contribution in [3.63, 3.8) is 0 Å². The molecule has 1 amide bonds. The number of benzene rings is 2. The summed E-state index contributed by atoms with van der Waals surface area (Å²) in [7, 11) is 6.84. The molecule has 0 saturated heterocycles. The van der Waals surface area contributed by atoms with Gasteiger partial charge in [-0.1, -0.05) is 6.92 Å². The number of quaternary nitrogens is 1. The number of nitrogens with zero attached hydrogens (tertiary/aromatic N) is 4. The highest BCUT2D eigenvalue weighted by atomic mass is 79.9. The molecule has 0 spiro atoms. The molecule has 2 aromatic carbocycles. The number of nitrogens with one attached hydrogen (secondary N) is 2. The van der Waals surface area contributed by atoms with Gasteiger partial charge in [0.25, 0.3) is 5.91 Å². The molecule has 254 valence electrons. The molecule has 0 saturated carbocycles. The van der Waals surface area contributed by atoms with Gasteiger partial charge in [-0.25, -0.2) is 14.4 Å². The first-order valence-corrected chi connectivity index (χ1v) is 15.1. The van der Waals surface area contributed by atoms with Crippen molar-refractivity contribution in [2.75, 3.05) is 66.5 Å². The maximum atomic E-state index is 14.8. The number of esters is 1. The predicted octanol–water partition coefficient (Wildman–Crippen LogP) is 1.77. The van der Waals surface area contributed by atoms with E-state index in [1.54, 1.807) is 22.7 Å². The second kappa shape index (κ2) is 17.1. The SMILES string of the molecule is CCc1cc(Nc2nccn3c(-c4ccc(OC)c(F)c4F)cnc23)ccc1C(=O)NCCOCC[N+](C)(C)CCCC(=O)OC.[Br-]. The van der Waals surface area contributed by atoms with Crippen LogP contribution < -0.4 is 32.4 Å². The molecule has 14 heteroatoms. The van der Waals surface area contributed by atoms with E-state index in [4.69, 9.17) is 9.47 Å². The van der Waals surface area contributed by atoms with Crippen LogP contribution in [-0.2, 0) is 20.7 Å². The van der Waals surface area contributed by atoms with Crippen molar-refractivity contribution < 1.29 is 54.0 Å². The molecule has 0 fully saturated rings. The molecule has 0 unspecified atom stereocenters. The molecule has 2 heterocycles. The van der Waals surface area contributed by atoms with Crippen LogP contribution in [0, 0.1) is 11.6 Å². The van der Waals surface area contributed by atoms with Crippen LogP contribution in [0.2, 0.25) is 0 Å². The Kier molecular flexibility index (Phi) is 13.6. The molecule has 11 nitrogen and oxygen atoms in total. The van der Waals surface area contributed by atoms with Crippen LogP contribution in [0.5, 0.6) is 5.75 Å². The second-order valence-electron chi connectivity index (χ2n) is 11.3. The number of aromatic nitrogens is 3. The number of likely N-dealkylation sites (N-methyl/N-ethyl adjacent to an activating group) is 1. The minimum Gasteiger partial charge on any atom is -1.00 e. The molecule has 0 aliphatic carbocycles. The van der Waals surface area contributed by atoms with Gasteiger partial charge in [0.05, 0.1) is 66.4 Å². The molecule has 0 bridgehead atoms. The number of imidazole rings is 1. The normalized spacial score (nSPS) is 11.2. The van der Waals surface area contributed by atoms with Gasteiger partial charge in [-0.15, -0.1) is 0 Å². The number of halogens is 3. The first kappa shape index (κ1) is 37.3. The minimum absolute atomic E-state index is 0. The molecule has 0 radical (unpaired) electrons. The van der Waals surface area contributed by atoms with Gasteiger partial charge in [0.1, 0.15) is 6.54 Å². The van der Waals surface area contributed by atoms with Crippen molar-refractivity contribution in [1.82, 2.24) is 19.7 Å². The lowest BCUT2D eigenvalue weighted by molar-refractivity contribution is -0.890. The van der Waals surface area contributed by atoms with E-state index in [-0.39, 0.29) is 40.2 Å². The molecule has 0 atom stereocenters. The first-order valence-electron chi connectivity index (χ1n) is 15.1. The molecule has 47 heavy (non-hydrogen) atoms. The maximum absolute atomic E-state index is 14.8. The van der Waals surface area contributed by atoms with Crippen LogP contribution in [0.25, 0.3) is 16.9 Å². The highest BCUT2D eigenvalue weighted by molar-refractivity contribution is 5.96. The summed E-state index contributed by atoms with van der Waals surface area (Å²) in [5.74, 6) is -2.28. The standard InChI is InChI=1S/C33H40F2N6O5.BrH/c1-6-22-20-23(9-10-24(22)33(43)37-14-18-46-19-17-41(2,3)16-7-8-28(42)45-5)39-31-32-38-21-26(40(32)15-13-36-31)25-11-12-27(44-4)30(35)29(25)34;/h9-13,15,20-21H,6-8,14,16-19H2,1-5H3,(H-,36,37,39,43);1H. The van der Waals surface area contributed by atoms with Crippen LogP contribution in [0.4, 0.5) is 20.3 Å². The summed E-state index contributed by atoms with van der Waals surface area (Å²) in [6, 6.07) is 8.20. The lowest BCUT2D eigenvalue weighted by Crippen LogP contribution is -3.00. The number of methoxy groups -OCH3 is 2. The summed E-state index contributed by atoms with van der Waals surface area (Å²) in [4.78, 5) is 33.1. The van der Waals surface area contributed by atoms with Crippen molar-refractivity contribution in [2.24, 2.45) is 0 Å². The Balaban J connectivity index is 0.00000600. The fourth-order valence-electron chi connectivity index (χ4n) is 5.03. The summed E-state index contributed by atoms with van der Waals surface area (Å²) in [5.41, 5.74) is 2.88. The molecule has 4 aromatic rings. The highest BCUT2D eigenvalue weighted by Gasteiger charge is 2.20. The van der Waals surface area contributed by atoms with Gasteiger partial charge in [-0.2, -0.15) is 4.39 Å². The van der Waals surface area contributed by atoms with Crippen LogP contribution in [0.3, 0.4) is 0 Å². The van der Waals surface area contributed by atoms with Crippen LogP contribution in [0.15, 0.2) is 48.9 Å². The Morgan fingerprint density at radius 1 is 1.02 bits per heavy atom. The lowest BCUT2D eigenvalue weighted by Gasteiger charge is -2.29. The van der Waals surface area contributed by atoms with Gasteiger partial charge in [0, 0.05) is 42.2 Å². The largest absolute Gasteiger partial charge is 1.00 e. The zero-order valence-electron chi connectivity index (χ0n) is 27.2. The Labute approximate surface area is 283 Å². The third-order valence-corrected chi connectivity index (χ3v) is 7.71. The molecule has 0 aliphatic heterocycles. The molecular formula is C33H41BrF2N6O5. The van der Waals surface area contributed by atoms with E-state index in [0.717, 1.165) is 29.6 Å². The zero-order chi connectivity index (χ0) is 33.3. The summed E-state index contributed by atoms with van der Waals surface area (Å²) < 4.78 is 46.9. The van der Waals surface area contributed by atoms with Crippen molar-refractivity contribution in [3.8, 4) is 17.0 Å². The second-order valence-corrected chi connectivity index (χ2v) is 11.3. The van der Waals surface area contributed by atoms with Crippen molar-refractivity contribution in [2.45, 2.75) is 26.2 Å². The van der Waals surface area contributed by atoms with Gasteiger partial charge in [0.15, 0.2) is 23.0 Å². The van der Waals surface area contributed by atoms with E-state index >= 15 is 0 Å². The summed E-state index contributed by atoms with van der Waals surface area (Å²) in [5, 5.41) is 6.16. The quantitative estimate of drug-likeness (QED) is 0.102. The number of aryl methyl sites for hydroxylation is 1. The minimum atomic E-state index is -1.07. The third-order valence-electron chi connectivity index (χ3n) is 7.71. The molecule has 2 aromatic heterocycles. The van der Waals surface area contributed by atoms with Gasteiger partial charge < -0.3 is 46.3 Å². The fourth-order valence-corrected chi connectivity index (χ4v) is 5.03. The Morgan fingerprint density at radius 3 is 2.53 bits per heavy atom. The number of ether oxygens (including phenoxy) is 3. The number of amides is 1. The van der Waals surface area contributed by atoms with E-state index in [1.165, 1.54) is 38.7 Å². The topological polar surface area (TPSA) is 116 Å².